The molecule has 0 fully saturated rings. The second kappa shape index (κ2) is 7.80. The van der Waals surface area contributed by atoms with Crippen LogP contribution in [0.1, 0.15) is 12.0 Å². The molecule has 6 heteroatoms. The number of aryl methyl sites for hydroxylation is 1. The van der Waals surface area contributed by atoms with Crippen molar-refractivity contribution < 1.29 is 4.39 Å². The van der Waals surface area contributed by atoms with Crippen molar-refractivity contribution in [1.82, 2.24) is 14.5 Å². The van der Waals surface area contributed by atoms with Crippen molar-refractivity contribution >= 4 is 43.4 Å². The molecular weight excluding hydrogens is 431 g/mol. The molecule has 0 unspecified atom stereocenters. The molecule has 33 heavy (non-hydrogen) atoms. The van der Waals surface area contributed by atoms with Gasteiger partial charge in [0.1, 0.15) is 17.7 Å². The van der Waals surface area contributed by atoms with Crippen LogP contribution in [0.2, 0.25) is 0 Å². The summed E-state index contributed by atoms with van der Waals surface area (Å²) in [6.07, 6.45) is 4.69. The van der Waals surface area contributed by atoms with Gasteiger partial charge in [-0.05, 0) is 47.7 Å². The number of nitrogens with zero attached hydrogens (tertiary/aromatic N) is 4. The van der Waals surface area contributed by atoms with Gasteiger partial charge in [-0.15, -0.1) is 11.3 Å². The number of hydrogen-bond acceptors (Lipinski definition) is 4. The van der Waals surface area contributed by atoms with Crippen LogP contribution in [-0.2, 0) is 6.42 Å². The van der Waals surface area contributed by atoms with Crippen LogP contribution < -0.4 is 0 Å². The van der Waals surface area contributed by atoms with E-state index in [0.29, 0.717) is 17.5 Å². The summed E-state index contributed by atoms with van der Waals surface area (Å²) in [6.45, 7) is 0. The molecule has 0 aliphatic carbocycles. The number of nitriles is 1. The number of aromatic nitrogens is 3. The Labute approximate surface area is 193 Å². The first-order valence-corrected chi connectivity index (χ1v) is 11.4. The van der Waals surface area contributed by atoms with Crippen LogP contribution in [0.5, 0.6) is 0 Å². The third-order valence-electron chi connectivity index (χ3n) is 5.89. The van der Waals surface area contributed by atoms with Gasteiger partial charge in [-0.25, -0.2) is 9.37 Å². The second-order valence-corrected chi connectivity index (χ2v) is 9.01. The molecule has 158 valence electrons. The molecule has 0 saturated carbocycles. The maximum absolute atomic E-state index is 15.2. The van der Waals surface area contributed by atoms with Crippen LogP contribution in [0.3, 0.4) is 0 Å². The Morgan fingerprint density at radius 2 is 1.82 bits per heavy atom. The van der Waals surface area contributed by atoms with Gasteiger partial charge in [-0.1, -0.05) is 30.3 Å². The van der Waals surface area contributed by atoms with E-state index in [1.54, 1.807) is 23.9 Å². The van der Waals surface area contributed by atoms with Crippen molar-refractivity contribution in [2.24, 2.45) is 0 Å². The van der Waals surface area contributed by atoms with Gasteiger partial charge < -0.3 is 0 Å². The zero-order valence-corrected chi connectivity index (χ0v) is 18.3. The minimum atomic E-state index is -0.284. The van der Waals surface area contributed by atoms with Gasteiger partial charge in [0.15, 0.2) is 0 Å². The largest absolute Gasteiger partial charge is 0.298 e. The zero-order valence-electron chi connectivity index (χ0n) is 17.5. The Kier molecular flexibility index (Phi) is 4.63. The van der Waals surface area contributed by atoms with Crippen molar-refractivity contribution in [2.45, 2.75) is 12.8 Å². The molecule has 0 saturated heterocycles. The van der Waals surface area contributed by atoms with Crippen LogP contribution in [0.4, 0.5) is 4.39 Å². The quantitative estimate of drug-likeness (QED) is 0.290. The standard InChI is InChI=1S/C27H17FN4S/c28-22-14-23-21(13-20(22)26-12-18-5-1-2-6-25(18)33-26)27-24(15-30-23)31-16-32(27)19-9-7-17(8-10-19)4-3-11-29/h1-2,5-10,12-16H,3-4H2. The van der Waals surface area contributed by atoms with Crippen molar-refractivity contribution in [3.05, 3.63) is 90.6 Å². The molecule has 0 aliphatic heterocycles. The Hall–Kier alpha value is -4.08. The summed E-state index contributed by atoms with van der Waals surface area (Å²) in [5.74, 6) is -0.284. The average Bonchev–Trinajstić information content (AvgIpc) is 3.47. The molecule has 3 heterocycles. The number of pyridine rings is 1. The lowest BCUT2D eigenvalue weighted by molar-refractivity contribution is 0.633. The first-order valence-electron chi connectivity index (χ1n) is 10.6. The van der Waals surface area contributed by atoms with E-state index in [2.05, 4.69) is 22.1 Å². The highest BCUT2D eigenvalue weighted by Gasteiger charge is 2.16. The molecule has 3 aromatic carbocycles. The molecule has 0 radical (unpaired) electrons. The first kappa shape index (κ1) is 19.6. The summed E-state index contributed by atoms with van der Waals surface area (Å²) in [6, 6.07) is 23.8. The fraction of sp³-hybridized carbons (Fsp3) is 0.0741. The van der Waals surface area contributed by atoms with Gasteiger partial charge in [0, 0.05) is 38.7 Å². The number of halogens is 1. The van der Waals surface area contributed by atoms with E-state index in [4.69, 9.17) is 5.26 Å². The Morgan fingerprint density at radius 3 is 2.64 bits per heavy atom. The molecular formula is C27H17FN4S. The highest BCUT2D eigenvalue weighted by Crippen LogP contribution is 2.37. The Bertz CT molecular complexity index is 1660. The maximum Gasteiger partial charge on any atom is 0.134 e. The minimum Gasteiger partial charge on any atom is -0.298 e. The summed E-state index contributed by atoms with van der Waals surface area (Å²) in [7, 11) is 0. The van der Waals surface area contributed by atoms with Crippen LogP contribution >= 0.6 is 11.3 Å². The van der Waals surface area contributed by atoms with Gasteiger partial charge in [-0.2, -0.15) is 5.26 Å². The molecule has 6 aromatic rings. The number of thiophene rings is 1. The maximum atomic E-state index is 15.2. The van der Waals surface area contributed by atoms with E-state index >= 15 is 4.39 Å². The molecule has 0 N–H and O–H groups in total. The molecule has 0 amide bonds. The normalized spacial score (nSPS) is 11.4. The number of hydrogen-bond donors (Lipinski definition) is 0. The van der Waals surface area contributed by atoms with E-state index in [1.807, 2.05) is 59.2 Å². The first-order chi connectivity index (χ1) is 16.2. The fourth-order valence-electron chi connectivity index (χ4n) is 4.24. The van der Waals surface area contributed by atoms with Crippen LogP contribution in [0.15, 0.2) is 79.3 Å². The third-order valence-corrected chi connectivity index (χ3v) is 7.04. The zero-order chi connectivity index (χ0) is 22.4. The predicted octanol–water partition coefficient (Wildman–Crippen LogP) is 7.05. The van der Waals surface area contributed by atoms with Gasteiger partial charge in [0.05, 0.1) is 23.3 Å². The van der Waals surface area contributed by atoms with Crippen molar-refractivity contribution in [2.75, 3.05) is 0 Å². The molecule has 3 aromatic heterocycles. The molecule has 6 rings (SSSR count). The second-order valence-electron chi connectivity index (χ2n) is 7.93. The van der Waals surface area contributed by atoms with Crippen LogP contribution in [0, 0.1) is 17.1 Å². The summed E-state index contributed by atoms with van der Waals surface area (Å²) in [4.78, 5) is 9.89. The van der Waals surface area contributed by atoms with Crippen molar-refractivity contribution in [3.8, 4) is 22.2 Å². The molecule has 0 bridgehead atoms. The van der Waals surface area contributed by atoms with Crippen molar-refractivity contribution in [3.63, 3.8) is 0 Å². The third kappa shape index (κ3) is 3.34. The molecule has 0 atom stereocenters. The fourth-order valence-corrected chi connectivity index (χ4v) is 5.32. The lowest BCUT2D eigenvalue weighted by Crippen LogP contribution is -1.95. The molecule has 4 nitrogen and oxygen atoms in total. The lowest BCUT2D eigenvalue weighted by Gasteiger charge is -2.09. The number of imidazole rings is 1. The smallest absolute Gasteiger partial charge is 0.134 e. The monoisotopic (exact) mass is 448 g/mol. The minimum absolute atomic E-state index is 0.284. The molecule has 0 spiro atoms. The summed E-state index contributed by atoms with van der Waals surface area (Å²) in [5.41, 5.74) is 4.88. The SMILES string of the molecule is N#CCCc1ccc(-n2cnc3cnc4cc(F)c(-c5cc6ccccc6s5)cc4c32)cc1. The summed E-state index contributed by atoms with van der Waals surface area (Å²) < 4.78 is 18.3. The van der Waals surface area contributed by atoms with Gasteiger partial charge in [-0.3, -0.25) is 9.55 Å². The van der Waals surface area contributed by atoms with E-state index in [-0.39, 0.29) is 5.82 Å². The van der Waals surface area contributed by atoms with Gasteiger partial charge >= 0.3 is 0 Å². The predicted molar refractivity (Wildman–Crippen MR) is 131 cm³/mol. The lowest BCUT2D eigenvalue weighted by atomic mass is 10.1. The average molecular weight is 449 g/mol. The highest BCUT2D eigenvalue weighted by molar-refractivity contribution is 7.22. The highest BCUT2D eigenvalue weighted by atomic mass is 32.1. The number of rotatable bonds is 4. The van der Waals surface area contributed by atoms with Gasteiger partial charge in [0.2, 0.25) is 0 Å². The van der Waals surface area contributed by atoms with E-state index < -0.39 is 0 Å². The van der Waals surface area contributed by atoms with Gasteiger partial charge in [0.25, 0.3) is 0 Å². The molecule has 0 aliphatic rings. The topological polar surface area (TPSA) is 54.5 Å². The Balaban J connectivity index is 1.53. The number of benzene rings is 3. The number of fused-ring (bicyclic) bond motifs is 4. The Morgan fingerprint density at radius 1 is 0.970 bits per heavy atom. The van der Waals surface area contributed by atoms with E-state index in [9.17, 15) is 0 Å². The summed E-state index contributed by atoms with van der Waals surface area (Å²) in [5, 5.41) is 10.8. The van der Waals surface area contributed by atoms with Crippen LogP contribution in [0.25, 0.3) is 48.2 Å². The van der Waals surface area contributed by atoms with Crippen LogP contribution in [-0.4, -0.2) is 14.5 Å². The van der Waals surface area contributed by atoms with E-state index in [1.165, 1.54) is 6.07 Å². The summed E-state index contributed by atoms with van der Waals surface area (Å²) >= 11 is 1.58. The van der Waals surface area contributed by atoms with Crippen molar-refractivity contribution in [1.29, 1.82) is 5.26 Å². The van der Waals surface area contributed by atoms with E-state index in [0.717, 1.165) is 49.1 Å².